The number of nitrogens with one attached hydrogen (secondary N) is 2. The Morgan fingerprint density at radius 2 is 1.19 bits per heavy atom. The van der Waals surface area contributed by atoms with Crippen molar-refractivity contribution >= 4 is 34.7 Å². The van der Waals surface area contributed by atoms with Gasteiger partial charge in [0, 0.05) is 23.8 Å². The molecule has 16 nitrogen and oxygen atoms in total. The molecule has 0 aromatic carbocycles. The Morgan fingerprint density at radius 3 is 1.68 bits per heavy atom. The van der Waals surface area contributed by atoms with Crippen LogP contribution in [-0.4, -0.2) is 60.9 Å². The van der Waals surface area contributed by atoms with Crippen LogP contribution < -0.4 is 20.1 Å². The minimum atomic E-state index is -0.349. The van der Waals surface area contributed by atoms with E-state index in [1.807, 2.05) is 38.1 Å². The minimum Gasteiger partial charge on any atom is -0.454 e. The SMILES string of the molecule is CCc1cccc(NC(=O)c2cc(Oc3cccnc3)cn3ncnc23)n1.Cc1cccc(NC(=O)c2cc(Oc3cccnc3)cn3ncnc23)n1. The van der Waals surface area contributed by atoms with Crippen molar-refractivity contribution in [2.75, 3.05) is 10.6 Å². The van der Waals surface area contributed by atoms with Crippen LogP contribution >= 0.6 is 0 Å². The van der Waals surface area contributed by atoms with Gasteiger partial charge in [0.15, 0.2) is 11.3 Å². The third kappa shape index (κ3) is 8.24. The summed E-state index contributed by atoms with van der Waals surface area (Å²) in [4.78, 5) is 50.6. The van der Waals surface area contributed by atoms with Crippen LogP contribution in [0.4, 0.5) is 11.6 Å². The van der Waals surface area contributed by atoms with E-state index in [1.54, 1.807) is 85.7 Å². The molecule has 0 saturated carbocycles. The molecule has 8 rings (SSSR count). The molecule has 262 valence electrons. The van der Waals surface area contributed by atoms with E-state index in [4.69, 9.17) is 9.47 Å². The van der Waals surface area contributed by atoms with Crippen molar-refractivity contribution in [1.82, 2.24) is 49.1 Å². The molecule has 0 aliphatic rings. The molecule has 8 heterocycles. The fourth-order valence-electron chi connectivity index (χ4n) is 5.06. The first-order valence-corrected chi connectivity index (χ1v) is 16.3. The maximum atomic E-state index is 12.8. The third-order valence-electron chi connectivity index (χ3n) is 7.47. The second-order valence-electron chi connectivity index (χ2n) is 11.3. The molecule has 53 heavy (non-hydrogen) atoms. The smallest absolute Gasteiger partial charge is 0.260 e. The predicted octanol–water partition coefficient (Wildman–Crippen LogP) is 6.00. The number of fused-ring (bicyclic) bond motifs is 2. The summed E-state index contributed by atoms with van der Waals surface area (Å²) in [5.74, 6) is 2.25. The van der Waals surface area contributed by atoms with E-state index < -0.39 is 0 Å². The summed E-state index contributed by atoms with van der Waals surface area (Å²) in [5.41, 5.74) is 3.22. The van der Waals surface area contributed by atoms with Crippen LogP contribution in [0.3, 0.4) is 0 Å². The molecule has 0 atom stereocenters. The standard InChI is InChI=1S/C19H16N6O2.C18H14N6O2/c1-2-13-5-3-7-17(23-13)24-19(26)16-9-15(11-25-18(16)21-12-22-25)27-14-6-4-8-20-10-14;1-12-4-2-6-16(22-12)23-18(25)15-8-14(10-24-17(15)20-11-21-24)26-13-5-3-7-19-9-13/h3-12H,2H2,1H3,(H,23,24,26);2-11H,1H3,(H,22,23,25). The van der Waals surface area contributed by atoms with Gasteiger partial charge in [-0.05, 0) is 74.0 Å². The molecule has 0 aliphatic carbocycles. The van der Waals surface area contributed by atoms with E-state index in [2.05, 4.69) is 50.7 Å². The van der Waals surface area contributed by atoms with Gasteiger partial charge in [-0.25, -0.2) is 29.0 Å². The van der Waals surface area contributed by atoms with Gasteiger partial charge in [0.05, 0.1) is 35.9 Å². The number of nitrogens with zero attached hydrogens (tertiary/aromatic N) is 10. The zero-order chi connectivity index (χ0) is 36.6. The largest absolute Gasteiger partial charge is 0.454 e. The minimum absolute atomic E-state index is 0.326. The molecule has 8 aromatic rings. The molecular formula is C37H30N12O4. The van der Waals surface area contributed by atoms with Gasteiger partial charge in [-0.3, -0.25) is 19.6 Å². The van der Waals surface area contributed by atoms with E-state index >= 15 is 0 Å². The van der Waals surface area contributed by atoms with E-state index in [9.17, 15) is 9.59 Å². The van der Waals surface area contributed by atoms with Crippen molar-refractivity contribution in [2.24, 2.45) is 0 Å². The zero-order valence-corrected chi connectivity index (χ0v) is 28.4. The van der Waals surface area contributed by atoms with E-state index in [0.717, 1.165) is 17.8 Å². The van der Waals surface area contributed by atoms with Crippen LogP contribution in [0.5, 0.6) is 23.0 Å². The average Bonchev–Trinajstić information content (AvgIpc) is 3.85. The highest BCUT2D eigenvalue weighted by atomic mass is 16.5. The summed E-state index contributed by atoms with van der Waals surface area (Å²) in [6.45, 7) is 3.86. The summed E-state index contributed by atoms with van der Waals surface area (Å²) < 4.78 is 14.5. The van der Waals surface area contributed by atoms with Crippen molar-refractivity contribution in [3.05, 3.63) is 145 Å². The highest BCUT2D eigenvalue weighted by Crippen LogP contribution is 2.25. The highest BCUT2D eigenvalue weighted by molar-refractivity contribution is 6.08. The molecule has 8 aromatic heterocycles. The van der Waals surface area contributed by atoms with Gasteiger partial charge in [0.2, 0.25) is 0 Å². The zero-order valence-electron chi connectivity index (χ0n) is 28.4. The molecule has 0 fully saturated rings. The fraction of sp³-hybridized carbons (Fsp3) is 0.0811. The number of pyridine rings is 6. The van der Waals surface area contributed by atoms with Gasteiger partial charge in [-0.1, -0.05) is 19.1 Å². The number of hydrogen-bond donors (Lipinski definition) is 2. The Morgan fingerprint density at radius 1 is 0.660 bits per heavy atom. The van der Waals surface area contributed by atoms with Crippen molar-refractivity contribution in [2.45, 2.75) is 20.3 Å². The maximum absolute atomic E-state index is 12.8. The topological polar surface area (TPSA) is 189 Å². The van der Waals surface area contributed by atoms with Crippen LogP contribution in [0.15, 0.2) is 123 Å². The molecule has 0 aliphatic heterocycles. The van der Waals surface area contributed by atoms with Crippen LogP contribution in [0.2, 0.25) is 0 Å². The molecule has 16 heteroatoms. The summed E-state index contributed by atoms with van der Waals surface area (Å²) >= 11 is 0. The number of aromatic nitrogens is 10. The molecule has 2 N–H and O–H groups in total. The second kappa shape index (κ2) is 15.5. The van der Waals surface area contributed by atoms with E-state index in [1.165, 1.54) is 21.7 Å². The Labute approximate surface area is 301 Å². The van der Waals surface area contributed by atoms with Crippen molar-refractivity contribution < 1.29 is 19.1 Å². The molecule has 0 saturated heterocycles. The first-order valence-electron chi connectivity index (χ1n) is 16.3. The summed E-state index contributed by atoms with van der Waals surface area (Å²) in [6, 6.07) is 21.2. The molecule has 0 unspecified atom stereocenters. The van der Waals surface area contributed by atoms with Gasteiger partial charge < -0.3 is 20.1 Å². The van der Waals surface area contributed by atoms with Crippen LogP contribution in [-0.2, 0) is 6.42 Å². The van der Waals surface area contributed by atoms with Crippen molar-refractivity contribution in [1.29, 1.82) is 0 Å². The Hall–Kier alpha value is -7.62. The number of rotatable bonds is 9. The van der Waals surface area contributed by atoms with Crippen molar-refractivity contribution in [3.63, 3.8) is 0 Å². The first kappa shape index (κ1) is 33.9. The normalized spacial score (nSPS) is 10.7. The Kier molecular flexibility index (Phi) is 9.91. The summed E-state index contributed by atoms with van der Waals surface area (Å²) in [6.07, 6.45) is 13.3. The van der Waals surface area contributed by atoms with Gasteiger partial charge in [-0.2, -0.15) is 10.2 Å². The number of carbonyl (C=O) groups is 2. The van der Waals surface area contributed by atoms with E-state index in [-0.39, 0.29) is 11.8 Å². The molecular weight excluding hydrogens is 676 g/mol. The Balaban J connectivity index is 0.000000164. The number of hydrogen-bond acceptors (Lipinski definition) is 12. The highest BCUT2D eigenvalue weighted by Gasteiger charge is 2.18. The monoisotopic (exact) mass is 706 g/mol. The molecule has 0 radical (unpaired) electrons. The molecule has 0 spiro atoms. The average molecular weight is 707 g/mol. The number of carbonyl (C=O) groups excluding carboxylic acids is 2. The first-order chi connectivity index (χ1) is 25.9. The Bertz CT molecular complexity index is 2520. The number of amides is 2. The maximum Gasteiger partial charge on any atom is 0.260 e. The lowest BCUT2D eigenvalue weighted by molar-refractivity contribution is 0.101. The van der Waals surface area contributed by atoms with Crippen LogP contribution in [0, 0.1) is 6.92 Å². The molecule has 2 amide bonds. The van der Waals surface area contributed by atoms with Crippen LogP contribution in [0.25, 0.3) is 11.3 Å². The van der Waals surface area contributed by atoms with Gasteiger partial charge >= 0.3 is 0 Å². The number of aryl methyl sites for hydroxylation is 2. The lowest BCUT2D eigenvalue weighted by atomic mass is 10.2. The fourth-order valence-corrected chi connectivity index (χ4v) is 5.06. The summed E-state index contributed by atoms with van der Waals surface area (Å²) in [7, 11) is 0. The molecule has 0 bridgehead atoms. The number of anilines is 2. The number of ether oxygens (including phenoxy) is 2. The second-order valence-corrected chi connectivity index (χ2v) is 11.3. The van der Waals surface area contributed by atoms with E-state index in [0.29, 0.717) is 57.1 Å². The van der Waals surface area contributed by atoms with Gasteiger partial charge in [0.25, 0.3) is 11.8 Å². The third-order valence-corrected chi connectivity index (χ3v) is 7.47. The summed E-state index contributed by atoms with van der Waals surface area (Å²) in [5, 5.41) is 13.8. The lowest BCUT2D eigenvalue weighted by Gasteiger charge is -2.10. The predicted molar refractivity (Wildman–Crippen MR) is 193 cm³/mol. The quantitative estimate of drug-likeness (QED) is 0.178. The van der Waals surface area contributed by atoms with Crippen LogP contribution in [0.1, 0.15) is 39.0 Å². The van der Waals surface area contributed by atoms with Gasteiger partial charge in [0.1, 0.15) is 47.3 Å². The van der Waals surface area contributed by atoms with Crippen molar-refractivity contribution in [3.8, 4) is 23.0 Å². The van der Waals surface area contributed by atoms with Gasteiger partial charge in [-0.15, -0.1) is 0 Å². The lowest BCUT2D eigenvalue weighted by Crippen LogP contribution is -2.15.